The van der Waals surface area contributed by atoms with Crippen LogP contribution in [-0.4, -0.2) is 56.1 Å². The first-order chi connectivity index (χ1) is 9.17. The topological polar surface area (TPSA) is 80.9 Å². The average molecular weight is 361 g/mol. The Hall–Kier alpha value is 1.40. The summed E-state index contributed by atoms with van der Waals surface area (Å²) in [7, 11) is -0.0478. The van der Waals surface area contributed by atoms with Crippen LogP contribution in [0.25, 0.3) is 0 Å². The van der Waals surface area contributed by atoms with Crippen LogP contribution >= 0.6 is 36.5 Å². The van der Waals surface area contributed by atoms with Crippen LogP contribution in [0.5, 0.6) is 0 Å². The van der Waals surface area contributed by atoms with Crippen LogP contribution < -0.4 is 0 Å². The van der Waals surface area contributed by atoms with E-state index < -0.39 is 37.8 Å². The predicted octanol–water partition coefficient (Wildman–Crippen LogP) is 2.58. The first-order valence-electron chi connectivity index (χ1n) is 6.86. The lowest BCUT2D eigenvalue weighted by atomic mass is 10.3. The molecule has 8 heteroatoms. The van der Waals surface area contributed by atoms with Crippen LogP contribution in [0.4, 0.5) is 0 Å². The van der Waals surface area contributed by atoms with Crippen molar-refractivity contribution in [2.45, 2.75) is 51.1 Å². The molecule has 0 bridgehead atoms. The number of aliphatic hydroxyl groups is 4. The minimum absolute atomic E-state index is 0.265. The van der Waals surface area contributed by atoms with Gasteiger partial charge in [-0.2, -0.15) is 0 Å². The van der Waals surface area contributed by atoms with E-state index in [4.69, 9.17) is 0 Å². The van der Waals surface area contributed by atoms with Gasteiger partial charge < -0.3 is 20.4 Å². The van der Waals surface area contributed by atoms with Crippen molar-refractivity contribution in [1.29, 1.82) is 0 Å². The molecule has 4 unspecified atom stereocenters. The van der Waals surface area contributed by atoms with E-state index in [2.05, 4.69) is 11.7 Å². The lowest BCUT2D eigenvalue weighted by Gasteiger charge is -2.53. The fourth-order valence-corrected chi connectivity index (χ4v) is 15.7. The first-order valence-corrected chi connectivity index (χ1v) is 13.1. The Labute approximate surface area is 132 Å². The fraction of sp³-hybridized carbons (Fsp3) is 1.00. The molecule has 1 heterocycles. The Morgan fingerprint density at radius 1 is 1.00 bits per heavy atom. The maximum atomic E-state index is 10.6. The van der Waals surface area contributed by atoms with Gasteiger partial charge in [0.15, 0.2) is 0 Å². The summed E-state index contributed by atoms with van der Waals surface area (Å²) in [6, 6.07) is 0. The van der Waals surface area contributed by atoms with Gasteiger partial charge in [0.2, 0.25) is 0 Å². The summed E-state index contributed by atoms with van der Waals surface area (Å²) in [6.07, 6.45) is 1.24. The summed E-state index contributed by atoms with van der Waals surface area (Å²) in [5.41, 5.74) is 0. The summed E-state index contributed by atoms with van der Waals surface area (Å²) in [6.45, 7) is 5.65. The first kappa shape index (κ1) is 19.4. The van der Waals surface area contributed by atoms with Crippen LogP contribution in [0.15, 0.2) is 0 Å². The highest BCUT2D eigenvalue weighted by Crippen LogP contribution is 2.84. The molecule has 4 N–H and O–H groups in total. The molecule has 0 amide bonds. The van der Waals surface area contributed by atoms with Gasteiger partial charge in [-0.05, 0) is 38.5 Å². The van der Waals surface area contributed by atoms with Gasteiger partial charge in [0, 0.05) is 0 Å². The summed E-state index contributed by atoms with van der Waals surface area (Å²) in [5, 5.41) is 42.1. The molecule has 0 aromatic carbocycles. The Morgan fingerprint density at radius 2 is 1.45 bits per heavy atom. The van der Waals surface area contributed by atoms with Crippen molar-refractivity contribution in [2.75, 3.05) is 12.3 Å². The van der Waals surface area contributed by atoms with Crippen LogP contribution in [0.3, 0.4) is 0 Å². The smallest absolute Gasteiger partial charge is 0.111 e. The van der Waals surface area contributed by atoms with Crippen molar-refractivity contribution in [3.05, 3.63) is 0 Å². The van der Waals surface area contributed by atoms with Crippen LogP contribution in [0, 0.1) is 11.8 Å². The average Bonchev–Trinajstić information content (AvgIpc) is 2.37. The molecule has 1 saturated heterocycles. The number of hydrogen-bond donors (Lipinski definition) is 5. The van der Waals surface area contributed by atoms with Crippen LogP contribution in [-0.2, 0) is 0 Å². The van der Waals surface area contributed by atoms with Crippen molar-refractivity contribution in [1.82, 2.24) is 0 Å². The molecule has 1 radical (unpaired) electrons. The normalized spacial score (nSPS) is 42.5. The lowest BCUT2D eigenvalue weighted by molar-refractivity contribution is 0.0763. The quantitative estimate of drug-likeness (QED) is 0.295. The fourth-order valence-electron chi connectivity index (χ4n) is 2.66. The monoisotopic (exact) mass is 361 g/mol. The van der Waals surface area contributed by atoms with Gasteiger partial charge in [0.05, 0.1) is 0 Å². The van der Waals surface area contributed by atoms with E-state index in [-0.39, 0.29) is 5.92 Å². The lowest BCUT2D eigenvalue weighted by Crippen LogP contribution is -2.46. The van der Waals surface area contributed by atoms with Crippen molar-refractivity contribution < 1.29 is 20.4 Å². The minimum Gasteiger partial charge on any atom is -0.385 e. The van der Waals surface area contributed by atoms with Gasteiger partial charge in [-0.15, -0.1) is 11.7 Å². The van der Waals surface area contributed by atoms with Crippen molar-refractivity contribution in [3.8, 4) is 0 Å². The summed E-state index contributed by atoms with van der Waals surface area (Å²) in [4.78, 5) is 0. The van der Waals surface area contributed by atoms with E-state index >= 15 is 0 Å². The molecule has 4 atom stereocenters. The Balaban J connectivity index is 3.07. The van der Waals surface area contributed by atoms with E-state index in [1.54, 1.807) is 0 Å². The zero-order valence-corrected chi connectivity index (χ0v) is 15.9. The van der Waals surface area contributed by atoms with E-state index in [9.17, 15) is 20.4 Å². The third-order valence-corrected chi connectivity index (χ3v) is 16.4. The number of thiol groups is 1. The predicted molar refractivity (Wildman–Crippen MR) is 93.9 cm³/mol. The number of rotatable bonds is 5. The van der Waals surface area contributed by atoms with Gasteiger partial charge in [-0.25, -0.2) is 0 Å². The zero-order valence-electron chi connectivity index (χ0n) is 12.4. The SMILES string of the molecule is CC(C)CP1C(O)C(O)[P](CC(C)C)(SS)C(O)C1O. The molecule has 0 aromatic rings. The van der Waals surface area contributed by atoms with E-state index in [1.807, 2.05) is 27.7 Å². The molecule has 1 aliphatic rings. The molecule has 0 aromatic heterocycles. The molecule has 1 fully saturated rings. The van der Waals surface area contributed by atoms with Gasteiger partial charge in [0.25, 0.3) is 0 Å². The van der Waals surface area contributed by atoms with Gasteiger partial charge in [0.1, 0.15) is 23.4 Å². The highest BCUT2D eigenvalue weighted by Gasteiger charge is 2.56. The molecule has 1 rings (SSSR count). The van der Waals surface area contributed by atoms with Gasteiger partial charge >= 0.3 is 0 Å². The standard InChI is InChI=1S/C12H27O4P2S2/c1-7(2)5-17-9(13)11(15)18(20-19,6-8(3)4)12(16)10(17)14/h7-16,19H,5-6H2,1-4H3. The summed E-state index contributed by atoms with van der Waals surface area (Å²) >= 11 is 4.25. The molecular formula is C12H27O4P2S2. The molecule has 1 aliphatic heterocycles. The molecule has 20 heavy (non-hydrogen) atoms. The second-order valence-electron chi connectivity index (χ2n) is 6.26. The van der Waals surface area contributed by atoms with Crippen LogP contribution in [0.1, 0.15) is 27.7 Å². The zero-order chi connectivity index (χ0) is 15.7. The Morgan fingerprint density at radius 3 is 1.75 bits per heavy atom. The van der Waals surface area contributed by atoms with Gasteiger partial charge in [-0.1, -0.05) is 38.1 Å². The number of hydrogen-bond acceptors (Lipinski definition) is 6. The van der Waals surface area contributed by atoms with Crippen LogP contribution in [0.2, 0.25) is 0 Å². The van der Waals surface area contributed by atoms with E-state index in [0.717, 1.165) is 10.4 Å². The largest absolute Gasteiger partial charge is 0.385 e. The molecule has 0 spiro atoms. The third-order valence-electron chi connectivity index (χ3n) is 3.49. The molecule has 0 aliphatic carbocycles. The highest BCUT2D eigenvalue weighted by atomic mass is 33.3. The highest BCUT2D eigenvalue weighted by molar-refractivity contribution is 8.97. The van der Waals surface area contributed by atoms with E-state index in [0.29, 0.717) is 18.2 Å². The van der Waals surface area contributed by atoms with Crippen molar-refractivity contribution in [2.24, 2.45) is 11.8 Å². The molecule has 4 nitrogen and oxygen atoms in total. The second kappa shape index (κ2) is 7.79. The summed E-state index contributed by atoms with van der Waals surface area (Å²) < 4.78 is 0. The maximum Gasteiger partial charge on any atom is 0.111 e. The minimum atomic E-state index is -2.39. The van der Waals surface area contributed by atoms with Gasteiger partial charge in [-0.3, -0.25) is 0 Å². The second-order valence-corrected chi connectivity index (χ2v) is 16.0. The maximum absolute atomic E-state index is 10.6. The van der Waals surface area contributed by atoms with Crippen molar-refractivity contribution >= 4 is 36.5 Å². The third kappa shape index (κ3) is 3.83. The molecule has 0 saturated carbocycles. The van der Waals surface area contributed by atoms with Crippen molar-refractivity contribution in [3.63, 3.8) is 0 Å². The molecular weight excluding hydrogens is 334 g/mol. The number of aliphatic hydroxyl groups excluding tert-OH is 4. The Kier molecular flexibility index (Phi) is 7.57. The molecule has 121 valence electrons. The summed E-state index contributed by atoms with van der Waals surface area (Å²) in [5.74, 6) is -3.22. The van der Waals surface area contributed by atoms with E-state index in [1.165, 1.54) is 0 Å². The Bertz CT molecular complexity index is 304.